The summed E-state index contributed by atoms with van der Waals surface area (Å²) in [5.41, 5.74) is 0.618. The quantitative estimate of drug-likeness (QED) is 0.547. The van der Waals surface area contributed by atoms with Crippen molar-refractivity contribution in [2.75, 3.05) is 33.2 Å². The molecule has 1 fully saturated rings. The highest BCUT2D eigenvalue weighted by Gasteiger charge is 2.30. The molecule has 0 unspecified atom stereocenters. The fraction of sp³-hybridized carbons (Fsp3) is 0.400. The summed E-state index contributed by atoms with van der Waals surface area (Å²) in [6.45, 7) is 3.88. The van der Waals surface area contributed by atoms with Crippen molar-refractivity contribution >= 4 is 38.8 Å². The first-order valence-corrected chi connectivity index (χ1v) is 11.0. The number of sulfonamides is 1. The predicted octanol–water partition coefficient (Wildman–Crippen LogP) is 2.45. The van der Waals surface area contributed by atoms with Gasteiger partial charge in [-0.3, -0.25) is 10.1 Å². The molecule has 3 rings (SSSR count). The van der Waals surface area contributed by atoms with Crippen molar-refractivity contribution in [3.05, 3.63) is 39.4 Å². The van der Waals surface area contributed by atoms with Crippen LogP contribution >= 0.6 is 23.1 Å². The summed E-state index contributed by atoms with van der Waals surface area (Å²) in [5.74, 6) is 0. The molecule has 1 saturated heterocycles. The van der Waals surface area contributed by atoms with Crippen molar-refractivity contribution in [1.82, 2.24) is 14.2 Å². The Morgan fingerprint density at radius 2 is 1.96 bits per heavy atom. The molecule has 1 aromatic heterocycles. The van der Waals surface area contributed by atoms with E-state index in [-0.39, 0.29) is 10.6 Å². The van der Waals surface area contributed by atoms with Crippen LogP contribution in [0.2, 0.25) is 0 Å². The molecule has 0 N–H and O–H groups in total. The summed E-state index contributed by atoms with van der Waals surface area (Å²) in [4.78, 5) is 17.6. The third kappa shape index (κ3) is 4.07. The van der Waals surface area contributed by atoms with Crippen molar-refractivity contribution in [1.29, 1.82) is 0 Å². The Morgan fingerprint density at radius 3 is 2.54 bits per heavy atom. The Kier molecular flexibility index (Phi) is 5.63. The van der Waals surface area contributed by atoms with Gasteiger partial charge in [-0.1, -0.05) is 11.8 Å². The maximum Gasteiger partial charge on any atom is 0.284 e. The fourth-order valence-corrected chi connectivity index (χ4v) is 5.86. The van der Waals surface area contributed by atoms with E-state index in [4.69, 9.17) is 0 Å². The van der Waals surface area contributed by atoms with Crippen molar-refractivity contribution < 1.29 is 13.3 Å². The number of hydrogen-bond acceptors (Lipinski definition) is 8. The molecule has 11 heteroatoms. The molecule has 0 amide bonds. The second-order valence-corrected chi connectivity index (χ2v) is 10.0. The first-order chi connectivity index (χ1) is 12.3. The zero-order chi connectivity index (χ0) is 18.9. The summed E-state index contributed by atoms with van der Waals surface area (Å²) in [6.07, 6.45) is 0. The summed E-state index contributed by atoms with van der Waals surface area (Å²) < 4.78 is 27.7. The zero-order valence-corrected chi connectivity index (χ0v) is 16.7. The summed E-state index contributed by atoms with van der Waals surface area (Å²) in [5, 5.41) is 13.3. The molecule has 1 aliphatic heterocycles. The second kappa shape index (κ2) is 7.61. The lowest BCUT2D eigenvalue weighted by molar-refractivity contribution is -0.388. The van der Waals surface area contributed by atoms with E-state index in [1.165, 1.54) is 39.5 Å². The lowest BCUT2D eigenvalue weighted by atomic mass is 10.3. The van der Waals surface area contributed by atoms with Gasteiger partial charge in [0.25, 0.3) is 5.69 Å². The van der Waals surface area contributed by atoms with E-state index in [1.54, 1.807) is 0 Å². The number of hydrogen-bond donors (Lipinski definition) is 0. The Bertz CT molecular complexity index is 921. The number of thiazole rings is 1. The van der Waals surface area contributed by atoms with Crippen LogP contribution in [0.25, 0.3) is 0 Å². The number of rotatable bonds is 5. The predicted molar refractivity (Wildman–Crippen MR) is 100 cm³/mol. The zero-order valence-electron chi connectivity index (χ0n) is 14.3. The second-order valence-electron chi connectivity index (χ2n) is 5.95. The molecule has 0 radical (unpaired) electrons. The van der Waals surface area contributed by atoms with E-state index in [0.29, 0.717) is 35.4 Å². The van der Waals surface area contributed by atoms with Crippen molar-refractivity contribution in [2.24, 2.45) is 0 Å². The standard InChI is InChI=1S/C15H18N4O4S3/c1-11-10-24-15(16-11)25-14-4-3-12(9-13(14)19(20)21)26(22,23)18-7-5-17(2)6-8-18/h3-4,9-10H,5-8H2,1-2H3. The van der Waals surface area contributed by atoms with Gasteiger partial charge in [0.2, 0.25) is 10.0 Å². The summed E-state index contributed by atoms with van der Waals surface area (Å²) in [6, 6.07) is 4.07. The number of likely N-dealkylation sites (N-methyl/N-ethyl adjacent to an activating group) is 1. The number of nitro groups is 1. The molecule has 8 nitrogen and oxygen atoms in total. The SMILES string of the molecule is Cc1csc(Sc2ccc(S(=O)(=O)N3CCN(C)CC3)cc2[N+](=O)[O-])n1. The van der Waals surface area contributed by atoms with E-state index >= 15 is 0 Å². The fourth-order valence-electron chi connectivity index (χ4n) is 2.54. The van der Waals surface area contributed by atoms with Crippen LogP contribution in [0.3, 0.4) is 0 Å². The molecule has 2 heterocycles. The monoisotopic (exact) mass is 414 g/mol. The number of nitro benzene ring substituents is 1. The van der Waals surface area contributed by atoms with Gasteiger partial charge in [0.15, 0.2) is 4.34 Å². The van der Waals surface area contributed by atoms with Crippen LogP contribution in [0.1, 0.15) is 5.69 Å². The minimum Gasteiger partial charge on any atom is -0.304 e. The van der Waals surface area contributed by atoms with E-state index in [9.17, 15) is 18.5 Å². The summed E-state index contributed by atoms with van der Waals surface area (Å²) in [7, 11) is -1.82. The average Bonchev–Trinajstić information content (AvgIpc) is 3.00. The van der Waals surface area contributed by atoms with Gasteiger partial charge in [0.05, 0.1) is 14.7 Å². The van der Waals surface area contributed by atoms with Crippen LogP contribution in [0, 0.1) is 17.0 Å². The van der Waals surface area contributed by atoms with Crippen molar-refractivity contribution in [3.63, 3.8) is 0 Å². The van der Waals surface area contributed by atoms with E-state index in [2.05, 4.69) is 4.98 Å². The molecule has 0 spiro atoms. The largest absolute Gasteiger partial charge is 0.304 e. The molecule has 1 aliphatic rings. The van der Waals surface area contributed by atoms with Crippen molar-refractivity contribution in [3.8, 4) is 0 Å². The lowest BCUT2D eigenvalue weighted by Crippen LogP contribution is -2.47. The molecular formula is C15H18N4O4S3. The molecule has 140 valence electrons. The van der Waals surface area contributed by atoms with Gasteiger partial charge in [-0.25, -0.2) is 13.4 Å². The number of benzene rings is 1. The molecule has 1 aromatic carbocycles. The van der Waals surface area contributed by atoms with Crippen LogP contribution < -0.4 is 0 Å². The van der Waals surface area contributed by atoms with Crippen LogP contribution in [0.4, 0.5) is 5.69 Å². The minimum atomic E-state index is -3.75. The van der Waals surface area contributed by atoms with Gasteiger partial charge in [-0.05, 0) is 26.1 Å². The number of nitrogens with zero attached hydrogens (tertiary/aromatic N) is 4. The van der Waals surface area contributed by atoms with Gasteiger partial charge < -0.3 is 4.90 Å². The van der Waals surface area contributed by atoms with E-state index in [1.807, 2.05) is 24.3 Å². The van der Waals surface area contributed by atoms with E-state index in [0.717, 1.165) is 11.8 Å². The Hall–Kier alpha value is -1.53. The lowest BCUT2D eigenvalue weighted by Gasteiger charge is -2.31. The van der Waals surface area contributed by atoms with Crippen LogP contribution in [-0.2, 0) is 10.0 Å². The maximum atomic E-state index is 12.8. The van der Waals surface area contributed by atoms with Crippen molar-refractivity contribution in [2.45, 2.75) is 21.1 Å². The molecule has 0 saturated carbocycles. The molecule has 0 aliphatic carbocycles. The highest BCUT2D eigenvalue weighted by molar-refractivity contribution is 8.01. The van der Waals surface area contributed by atoms with Gasteiger partial charge in [0.1, 0.15) is 0 Å². The normalized spacial score (nSPS) is 16.7. The third-order valence-corrected chi connectivity index (χ3v) is 8.04. The highest BCUT2D eigenvalue weighted by Crippen LogP contribution is 2.37. The molecule has 0 bridgehead atoms. The molecule has 26 heavy (non-hydrogen) atoms. The van der Waals surface area contributed by atoms with Gasteiger partial charge >= 0.3 is 0 Å². The highest BCUT2D eigenvalue weighted by atomic mass is 32.2. The molecule has 2 aromatic rings. The minimum absolute atomic E-state index is 0.0478. The first-order valence-electron chi connectivity index (χ1n) is 7.84. The molecular weight excluding hydrogens is 396 g/mol. The summed E-state index contributed by atoms with van der Waals surface area (Å²) >= 11 is 2.56. The molecule has 0 atom stereocenters. The van der Waals surface area contributed by atoms with Crippen LogP contribution in [0.5, 0.6) is 0 Å². The third-order valence-electron chi connectivity index (χ3n) is 4.02. The van der Waals surface area contributed by atoms with Crippen LogP contribution in [0.15, 0.2) is 37.7 Å². The number of aryl methyl sites for hydroxylation is 1. The van der Waals surface area contributed by atoms with Gasteiger partial charge in [-0.2, -0.15) is 4.31 Å². The number of aromatic nitrogens is 1. The Labute approximate surface area is 160 Å². The smallest absolute Gasteiger partial charge is 0.284 e. The van der Waals surface area contributed by atoms with E-state index < -0.39 is 14.9 Å². The van der Waals surface area contributed by atoms with Crippen LogP contribution in [-0.4, -0.2) is 60.8 Å². The maximum absolute atomic E-state index is 12.8. The Morgan fingerprint density at radius 1 is 1.27 bits per heavy atom. The van der Waals surface area contributed by atoms with Gasteiger partial charge in [-0.15, -0.1) is 11.3 Å². The number of piperazine rings is 1. The Balaban J connectivity index is 1.91. The first kappa shape index (κ1) is 19.2. The van der Waals surface area contributed by atoms with Gasteiger partial charge in [0, 0.05) is 43.3 Å². The topological polar surface area (TPSA) is 96.7 Å². The average molecular weight is 415 g/mol.